The van der Waals surface area contributed by atoms with Crippen molar-refractivity contribution in [1.82, 2.24) is 4.98 Å². The van der Waals surface area contributed by atoms with Crippen molar-refractivity contribution in [2.45, 2.75) is 19.8 Å². The van der Waals surface area contributed by atoms with E-state index in [9.17, 15) is 13.6 Å². The molecule has 0 atom stereocenters. The first-order valence-electron chi connectivity index (χ1n) is 5.01. The third kappa shape index (κ3) is 1.71. The third-order valence-corrected chi connectivity index (χ3v) is 2.51. The van der Waals surface area contributed by atoms with E-state index in [4.69, 9.17) is 0 Å². The molecular weight excluding hydrogens is 212 g/mol. The van der Waals surface area contributed by atoms with E-state index in [1.54, 1.807) is 0 Å². The highest BCUT2D eigenvalue weighted by Gasteiger charge is 2.09. The number of pyridine rings is 1. The van der Waals surface area contributed by atoms with Gasteiger partial charge in [-0.3, -0.25) is 4.79 Å². The van der Waals surface area contributed by atoms with Crippen molar-refractivity contribution in [1.29, 1.82) is 0 Å². The molecule has 0 unspecified atom stereocenters. The van der Waals surface area contributed by atoms with E-state index < -0.39 is 11.6 Å². The monoisotopic (exact) mass is 223 g/mol. The van der Waals surface area contributed by atoms with Gasteiger partial charge in [0.05, 0.1) is 5.52 Å². The molecule has 0 aliphatic heterocycles. The normalized spacial score (nSPS) is 11.3. The maximum Gasteiger partial charge on any atom is 0.189 e. The average Bonchev–Trinajstić information content (AvgIpc) is 2.20. The molecule has 0 radical (unpaired) electrons. The van der Waals surface area contributed by atoms with E-state index in [-0.39, 0.29) is 16.7 Å². The van der Waals surface area contributed by atoms with Gasteiger partial charge in [-0.25, -0.2) is 8.78 Å². The summed E-state index contributed by atoms with van der Waals surface area (Å²) in [6, 6.07) is 3.36. The summed E-state index contributed by atoms with van der Waals surface area (Å²) in [5.74, 6) is -1.83. The summed E-state index contributed by atoms with van der Waals surface area (Å²) in [7, 11) is 0. The van der Waals surface area contributed by atoms with E-state index in [2.05, 4.69) is 4.98 Å². The second kappa shape index (κ2) is 3.70. The zero-order valence-electron chi connectivity index (χ0n) is 8.97. The molecule has 0 spiro atoms. The van der Waals surface area contributed by atoms with Gasteiger partial charge in [-0.05, 0) is 12.0 Å². The Morgan fingerprint density at radius 3 is 2.38 bits per heavy atom. The van der Waals surface area contributed by atoms with Gasteiger partial charge in [-0.1, -0.05) is 13.8 Å². The highest BCUT2D eigenvalue weighted by atomic mass is 19.2. The number of aromatic nitrogens is 1. The summed E-state index contributed by atoms with van der Waals surface area (Å²) in [5, 5.41) is 0.170. The summed E-state index contributed by atoms with van der Waals surface area (Å²) in [6.07, 6.45) is 0. The maximum absolute atomic E-state index is 13.0. The second-order valence-corrected chi connectivity index (χ2v) is 4.06. The highest BCUT2D eigenvalue weighted by Crippen LogP contribution is 2.17. The molecule has 4 heteroatoms. The molecule has 16 heavy (non-hydrogen) atoms. The van der Waals surface area contributed by atoms with Gasteiger partial charge in [0.1, 0.15) is 0 Å². The molecule has 1 aromatic carbocycles. The zero-order chi connectivity index (χ0) is 11.9. The van der Waals surface area contributed by atoms with Crippen LogP contribution in [0.3, 0.4) is 0 Å². The smallest absolute Gasteiger partial charge is 0.189 e. The van der Waals surface area contributed by atoms with Gasteiger partial charge in [-0.2, -0.15) is 0 Å². The van der Waals surface area contributed by atoms with Crippen molar-refractivity contribution >= 4 is 10.9 Å². The van der Waals surface area contributed by atoms with Crippen molar-refractivity contribution in [3.63, 3.8) is 0 Å². The van der Waals surface area contributed by atoms with E-state index in [0.717, 1.165) is 12.1 Å². The van der Waals surface area contributed by atoms with Crippen molar-refractivity contribution < 1.29 is 8.78 Å². The molecular formula is C12H11F2NO. The third-order valence-electron chi connectivity index (χ3n) is 2.51. The Kier molecular flexibility index (Phi) is 2.50. The van der Waals surface area contributed by atoms with E-state index >= 15 is 0 Å². The van der Waals surface area contributed by atoms with E-state index in [0.29, 0.717) is 11.2 Å². The maximum atomic E-state index is 13.0. The molecule has 0 saturated carbocycles. The number of benzene rings is 1. The van der Waals surface area contributed by atoms with Crippen LogP contribution >= 0.6 is 0 Å². The van der Waals surface area contributed by atoms with Crippen LogP contribution in [0.2, 0.25) is 0 Å². The van der Waals surface area contributed by atoms with Crippen molar-refractivity contribution in [3.05, 3.63) is 45.8 Å². The quantitative estimate of drug-likeness (QED) is 0.792. The van der Waals surface area contributed by atoms with Crippen molar-refractivity contribution in [2.75, 3.05) is 0 Å². The summed E-state index contributed by atoms with van der Waals surface area (Å²) in [5.41, 5.74) is 0.745. The average molecular weight is 223 g/mol. The Morgan fingerprint density at radius 1 is 1.12 bits per heavy atom. The highest BCUT2D eigenvalue weighted by molar-refractivity contribution is 5.78. The van der Waals surface area contributed by atoms with Crippen LogP contribution in [-0.2, 0) is 0 Å². The molecule has 84 valence electrons. The van der Waals surface area contributed by atoms with Crippen LogP contribution in [0.5, 0.6) is 0 Å². The fourth-order valence-corrected chi connectivity index (χ4v) is 1.58. The minimum Gasteiger partial charge on any atom is -0.358 e. The van der Waals surface area contributed by atoms with Crippen LogP contribution < -0.4 is 5.43 Å². The van der Waals surface area contributed by atoms with Gasteiger partial charge < -0.3 is 4.98 Å². The van der Waals surface area contributed by atoms with Gasteiger partial charge in [0.2, 0.25) is 0 Å². The molecule has 1 aromatic heterocycles. The standard InChI is InChI=1S/C12H11F2NO/c1-6(2)10-5-12(16)7-3-8(13)9(14)4-11(7)15-10/h3-6H,1-2H3,(H,15,16). The summed E-state index contributed by atoms with van der Waals surface area (Å²) >= 11 is 0. The summed E-state index contributed by atoms with van der Waals surface area (Å²) in [6.45, 7) is 3.83. The topological polar surface area (TPSA) is 32.9 Å². The minimum absolute atomic E-state index is 0.130. The zero-order valence-corrected chi connectivity index (χ0v) is 8.97. The van der Waals surface area contributed by atoms with Crippen LogP contribution in [0.1, 0.15) is 25.5 Å². The molecule has 2 nitrogen and oxygen atoms in total. The molecule has 1 heterocycles. The van der Waals surface area contributed by atoms with Crippen LogP contribution in [-0.4, -0.2) is 4.98 Å². The largest absolute Gasteiger partial charge is 0.358 e. The Hall–Kier alpha value is -1.71. The van der Waals surface area contributed by atoms with Crippen LogP contribution in [0.15, 0.2) is 23.0 Å². The number of H-pyrrole nitrogens is 1. The van der Waals surface area contributed by atoms with Crippen molar-refractivity contribution in [2.24, 2.45) is 0 Å². The van der Waals surface area contributed by atoms with Gasteiger partial charge in [0.25, 0.3) is 0 Å². The number of halogens is 2. The molecule has 0 saturated heterocycles. The number of aromatic amines is 1. The van der Waals surface area contributed by atoms with Crippen molar-refractivity contribution in [3.8, 4) is 0 Å². The molecule has 0 aliphatic carbocycles. The molecule has 2 rings (SSSR count). The van der Waals surface area contributed by atoms with E-state index in [1.165, 1.54) is 6.07 Å². The first-order chi connectivity index (χ1) is 7.49. The number of rotatable bonds is 1. The van der Waals surface area contributed by atoms with Gasteiger partial charge >= 0.3 is 0 Å². The Labute approximate surface area is 90.9 Å². The predicted molar refractivity (Wildman–Crippen MR) is 58.6 cm³/mol. The molecule has 0 fully saturated rings. The lowest BCUT2D eigenvalue weighted by molar-refractivity contribution is 0.510. The van der Waals surface area contributed by atoms with Gasteiger partial charge in [0.15, 0.2) is 17.1 Å². The lowest BCUT2D eigenvalue weighted by Crippen LogP contribution is -2.07. The summed E-state index contributed by atoms with van der Waals surface area (Å²) in [4.78, 5) is 14.6. The number of hydrogen-bond acceptors (Lipinski definition) is 1. The Bertz CT molecular complexity index is 602. The SMILES string of the molecule is CC(C)c1cc(=O)c2cc(F)c(F)cc2[nH]1. The first-order valence-corrected chi connectivity index (χ1v) is 5.01. The van der Waals surface area contributed by atoms with E-state index in [1.807, 2.05) is 13.8 Å². The van der Waals surface area contributed by atoms with Crippen LogP contribution in [0, 0.1) is 11.6 Å². The number of fused-ring (bicyclic) bond motifs is 1. The molecule has 0 amide bonds. The molecule has 0 aliphatic rings. The second-order valence-electron chi connectivity index (χ2n) is 4.06. The Balaban J connectivity index is 2.82. The number of nitrogens with one attached hydrogen (secondary N) is 1. The number of hydrogen-bond donors (Lipinski definition) is 1. The fraction of sp³-hybridized carbons (Fsp3) is 0.250. The first kappa shape index (κ1) is 10.8. The lowest BCUT2D eigenvalue weighted by atomic mass is 10.1. The fourth-order valence-electron chi connectivity index (χ4n) is 1.58. The minimum atomic E-state index is -1.00. The summed E-state index contributed by atoms with van der Waals surface area (Å²) < 4.78 is 26.0. The molecule has 0 bridgehead atoms. The molecule has 2 aromatic rings. The van der Waals surface area contributed by atoms with Crippen LogP contribution in [0.25, 0.3) is 10.9 Å². The van der Waals surface area contributed by atoms with Crippen LogP contribution in [0.4, 0.5) is 8.78 Å². The van der Waals surface area contributed by atoms with Gasteiger partial charge in [-0.15, -0.1) is 0 Å². The van der Waals surface area contributed by atoms with Gasteiger partial charge in [0, 0.05) is 23.2 Å². The lowest BCUT2D eigenvalue weighted by Gasteiger charge is -2.07. The Morgan fingerprint density at radius 2 is 1.75 bits per heavy atom. The molecule has 1 N–H and O–H groups in total. The predicted octanol–water partition coefficient (Wildman–Crippen LogP) is 2.93.